The van der Waals surface area contributed by atoms with E-state index in [1.54, 1.807) is 24.7 Å². The minimum atomic E-state index is -0.350. The molecule has 0 saturated carbocycles. The van der Waals surface area contributed by atoms with E-state index in [4.69, 9.17) is 14.2 Å². The second-order valence-electron chi connectivity index (χ2n) is 7.27. The first-order valence-corrected chi connectivity index (χ1v) is 10.3. The zero-order valence-electron chi connectivity index (χ0n) is 17.5. The van der Waals surface area contributed by atoms with Crippen molar-refractivity contribution in [2.75, 3.05) is 6.79 Å². The molecule has 5 rings (SSSR count). The summed E-state index contributed by atoms with van der Waals surface area (Å²) in [7, 11) is 0. The molecular weight excluding hydrogens is 420 g/mol. The van der Waals surface area contributed by atoms with Crippen LogP contribution in [0.2, 0.25) is 0 Å². The molecule has 1 aliphatic rings. The number of ether oxygens (including phenoxy) is 3. The van der Waals surface area contributed by atoms with Crippen molar-refractivity contribution >= 4 is 29.1 Å². The number of hydrazone groups is 1. The van der Waals surface area contributed by atoms with Crippen LogP contribution in [0.5, 0.6) is 17.4 Å². The molecule has 0 aliphatic carbocycles. The molecule has 1 amide bonds. The van der Waals surface area contributed by atoms with E-state index >= 15 is 0 Å². The summed E-state index contributed by atoms with van der Waals surface area (Å²) in [5, 5.41) is 4.95. The standard InChI is InChI=1S/C25H20N4O4/c30-24(9-7-17-6-8-22-23(10-17)33-16-32-22)29-28-13-19-12-26-21-14-27-25(11-20(19)21)31-15-18-4-2-1-3-5-18/h1-14,26H,15-16H2,(H,29,30)/b9-7+,28-13+. The predicted octanol–water partition coefficient (Wildman–Crippen LogP) is 4.03. The Hall–Kier alpha value is -4.59. The van der Waals surface area contributed by atoms with Crippen LogP contribution in [0, 0.1) is 0 Å². The second-order valence-corrected chi connectivity index (χ2v) is 7.27. The Morgan fingerprint density at radius 3 is 2.94 bits per heavy atom. The van der Waals surface area contributed by atoms with Gasteiger partial charge in [-0.15, -0.1) is 0 Å². The molecule has 0 bridgehead atoms. The number of rotatable bonds is 7. The molecule has 8 nitrogen and oxygen atoms in total. The summed E-state index contributed by atoms with van der Waals surface area (Å²) < 4.78 is 16.4. The maximum atomic E-state index is 12.1. The summed E-state index contributed by atoms with van der Waals surface area (Å²) in [6, 6.07) is 17.2. The van der Waals surface area contributed by atoms with Gasteiger partial charge < -0.3 is 19.2 Å². The average Bonchev–Trinajstić information content (AvgIpc) is 3.48. The molecule has 2 aromatic carbocycles. The summed E-state index contributed by atoms with van der Waals surface area (Å²) in [4.78, 5) is 19.6. The minimum absolute atomic E-state index is 0.211. The van der Waals surface area contributed by atoms with Gasteiger partial charge in [-0.1, -0.05) is 36.4 Å². The molecule has 0 atom stereocenters. The van der Waals surface area contributed by atoms with Crippen molar-refractivity contribution in [1.82, 2.24) is 15.4 Å². The Bertz CT molecular complexity index is 1350. The Morgan fingerprint density at radius 1 is 1.15 bits per heavy atom. The van der Waals surface area contributed by atoms with Gasteiger partial charge in [0.25, 0.3) is 5.91 Å². The van der Waals surface area contributed by atoms with Gasteiger partial charge in [0.15, 0.2) is 11.5 Å². The molecule has 3 heterocycles. The SMILES string of the molecule is O=C(/C=C/c1ccc2c(c1)OCO2)N/N=C/c1c[nH]c2cnc(OCc3ccccc3)cc12. The molecular formula is C25H20N4O4. The van der Waals surface area contributed by atoms with Gasteiger partial charge in [0.2, 0.25) is 12.7 Å². The Morgan fingerprint density at radius 2 is 2.03 bits per heavy atom. The number of amides is 1. The number of nitrogens with zero attached hydrogens (tertiary/aromatic N) is 2. The normalized spacial score (nSPS) is 12.6. The molecule has 1 aliphatic heterocycles. The summed E-state index contributed by atoms with van der Waals surface area (Å²) in [6.07, 6.45) is 8.17. The van der Waals surface area contributed by atoms with Crippen molar-refractivity contribution in [1.29, 1.82) is 0 Å². The first kappa shape index (κ1) is 20.3. The number of fused-ring (bicyclic) bond motifs is 2. The Balaban J connectivity index is 1.21. The number of H-pyrrole nitrogens is 1. The van der Waals surface area contributed by atoms with Crippen molar-refractivity contribution in [3.8, 4) is 17.4 Å². The van der Waals surface area contributed by atoms with E-state index in [0.717, 1.165) is 27.6 Å². The summed E-state index contributed by atoms with van der Waals surface area (Å²) in [5.74, 6) is 1.52. The summed E-state index contributed by atoms with van der Waals surface area (Å²) in [5.41, 5.74) is 6.03. The van der Waals surface area contributed by atoms with Gasteiger partial charge in [-0.05, 0) is 29.3 Å². The fourth-order valence-electron chi connectivity index (χ4n) is 3.33. The van der Waals surface area contributed by atoms with E-state index in [2.05, 4.69) is 20.5 Å². The third-order valence-electron chi connectivity index (χ3n) is 5.00. The third kappa shape index (κ3) is 4.85. The maximum Gasteiger partial charge on any atom is 0.264 e. The van der Waals surface area contributed by atoms with Gasteiger partial charge in [0.05, 0.1) is 17.9 Å². The van der Waals surface area contributed by atoms with Crippen molar-refractivity contribution in [2.24, 2.45) is 5.10 Å². The van der Waals surface area contributed by atoms with Crippen LogP contribution in [0.3, 0.4) is 0 Å². The van der Waals surface area contributed by atoms with Gasteiger partial charge in [-0.3, -0.25) is 4.79 Å². The van der Waals surface area contributed by atoms with Crippen LogP contribution in [0.25, 0.3) is 17.0 Å². The molecule has 2 N–H and O–H groups in total. The molecule has 164 valence electrons. The van der Waals surface area contributed by atoms with Gasteiger partial charge in [-0.25, -0.2) is 10.4 Å². The monoisotopic (exact) mass is 440 g/mol. The number of benzene rings is 2. The number of aromatic nitrogens is 2. The highest BCUT2D eigenvalue weighted by Gasteiger charge is 2.12. The molecule has 2 aromatic heterocycles. The molecule has 0 fully saturated rings. The number of hydrogen-bond acceptors (Lipinski definition) is 6. The van der Waals surface area contributed by atoms with Crippen molar-refractivity contribution in [2.45, 2.75) is 6.61 Å². The molecule has 4 aromatic rings. The second kappa shape index (κ2) is 9.27. The van der Waals surface area contributed by atoms with E-state index in [1.165, 1.54) is 6.08 Å². The van der Waals surface area contributed by atoms with E-state index in [-0.39, 0.29) is 12.7 Å². The maximum absolute atomic E-state index is 12.1. The fourth-order valence-corrected chi connectivity index (χ4v) is 3.33. The zero-order valence-corrected chi connectivity index (χ0v) is 17.5. The average molecular weight is 440 g/mol. The van der Waals surface area contributed by atoms with E-state index in [1.807, 2.05) is 54.6 Å². The third-order valence-corrected chi connectivity index (χ3v) is 5.00. The molecule has 0 radical (unpaired) electrons. The van der Waals surface area contributed by atoms with Crippen LogP contribution in [0.4, 0.5) is 0 Å². The van der Waals surface area contributed by atoms with Crippen molar-refractivity contribution in [3.63, 3.8) is 0 Å². The predicted molar refractivity (Wildman–Crippen MR) is 124 cm³/mol. The van der Waals surface area contributed by atoms with Crippen LogP contribution in [-0.2, 0) is 11.4 Å². The highest BCUT2D eigenvalue weighted by atomic mass is 16.7. The van der Waals surface area contributed by atoms with Crippen LogP contribution >= 0.6 is 0 Å². The number of pyridine rings is 1. The van der Waals surface area contributed by atoms with Crippen LogP contribution in [-0.4, -0.2) is 28.9 Å². The minimum Gasteiger partial charge on any atom is -0.473 e. The quantitative estimate of drug-likeness (QED) is 0.257. The number of nitrogens with one attached hydrogen (secondary N) is 2. The lowest BCUT2D eigenvalue weighted by molar-refractivity contribution is -0.116. The first-order valence-electron chi connectivity index (χ1n) is 10.3. The fraction of sp³-hybridized carbons (Fsp3) is 0.0800. The van der Waals surface area contributed by atoms with Crippen LogP contribution < -0.4 is 19.6 Å². The molecule has 0 unspecified atom stereocenters. The van der Waals surface area contributed by atoms with Gasteiger partial charge in [0.1, 0.15) is 6.61 Å². The Labute approximate surface area is 189 Å². The van der Waals surface area contributed by atoms with Crippen LogP contribution in [0.1, 0.15) is 16.7 Å². The molecule has 8 heteroatoms. The highest BCUT2D eigenvalue weighted by molar-refractivity contribution is 6.00. The number of carbonyl (C=O) groups excluding carboxylic acids is 1. The topological polar surface area (TPSA) is 97.8 Å². The van der Waals surface area contributed by atoms with Crippen LogP contribution in [0.15, 0.2) is 78.2 Å². The largest absolute Gasteiger partial charge is 0.473 e. The lowest BCUT2D eigenvalue weighted by Gasteiger charge is -2.05. The van der Waals surface area contributed by atoms with Gasteiger partial charge in [-0.2, -0.15) is 5.10 Å². The first-order chi connectivity index (χ1) is 16.2. The summed E-state index contributed by atoms with van der Waals surface area (Å²) >= 11 is 0. The number of carbonyl (C=O) groups is 1. The lowest BCUT2D eigenvalue weighted by Crippen LogP contribution is -2.14. The number of hydrogen-bond donors (Lipinski definition) is 2. The van der Waals surface area contributed by atoms with Crippen molar-refractivity contribution < 1.29 is 19.0 Å². The van der Waals surface area contributed by atoms with E-state index < -0.39 is 0 Å². The molecule has 0 saturated heterocycles. The highest BCUT2D eigenvalue weighted by Crippen LogP contribution is 2.32. The molecule has 33 heavy (non-hydrogen) atoms. The van der Waals surface area contributed by atoms with Crippen molar-refractivity contribution in [3.05, 3.63) is 89.8 Å². The summed E-state index contributed by atoms with van der Waals surface area (Å²) in [6.45, 7) is 0.640. The Kier molecular flexibility index (Phi) is 5.71. The zero-order chi connectivity index (χ0) is 22.5. The number of aromatic amines is 1. The van der Waals surface area contributed by atoms with E-state index in [0.29, 0.717) is 24.0 Å². The molecule has 0 spiro atoms. The van der Waals surface area contributed by atoms with E-state index in [9.17, 15) is 4.79 Å². The smallest absolute Gasteiger partial charge is 0.264 e. The lowest BCUT2D eigenvalue weighted by atomic mass is 10.2. The van der Waals surface area contributed by atoms with Gasteiger partial charge in [0, 0.05) is 29.3 Å². The van der Waals surface area contributed by atoms with Gasteiger partial charge >= 0.3 is 0 Å².